The van der Waals surface area contributed by atoms with Crippen LogP contribution in [0.15, 0.2) is 23.8 Å². The molecule has 7 heteroatoms. The first kappa shape index (κ1) is 18.7. The summed E-state index contributed by atoms with van der Waals surface area (Å²) in [5.41, 5.74) is 2.51. The van der Waals surface area contributed by atoms with E-state index in [1.807, 2.05) is 13.1 Å². The first-order chi connectivity index (χ1) is 12.0. The maximum atomic E-state index is 12.5. The predicted octanol–water partition coefficient (Wildman–Crippen LogP) is 3.39. The van der Waals surface area contributed by atoms with Crippen molar-refractivity contribution in [3.8, 4) is 0 Å². The Bertz CT molecular complexity index is 706. The fraction of sp³-hybridized carbons (Fsp3) is 0.500. The smallest absolute Gasteiger partial charge is 0.335 e. The zero-order chi connectivity index (χ0) is 18.1. The minimum atomic E-state index is -0.316. The predicted molar refractivity (Wildman–Crippen MR) is 96.7 cm³/mol. The Kier molecular flexibility index (Phi) is 5.71. The Hall–Kier alpha value is -1.11. The summed E-state index contributed by atoms with van der Waals surface area (Å²) in [5, 5.41) is 0.956. The summed E-state index contributed by atoms with van der Waals surface area (Å²) in [5.74, 6) is -0.316. The number of fused-ring (bicyclic) bond motifs is 2. The zero-order valence-electron chi connectivity index (χ0n) is 14.4. The second-order valence-electron chi connectivity index (χ2n) is 6.31. The molecule has 1 fully saturated rings. The lowest BCUT2D eigenvalue weighted by atomic mass is 9.88. The summed E-state index contributed by atoms with van der Waals surface area (Å²) in [7, 11) is 5.02. The number of hydrogen-bond donors (Lipinski definition) is 0. The van der Waals surface area contributed by atoms with Crippen molar-refractivity contribution < 1.29 is 19.0 Å². The van der Waals surface area contributed by atoms with Crippen LogP contribution in [-0.2, 0) is 19.0 Å². The van der Waals surface area contributed by atoms with Gasteiger partial charge in [0.25, 0.3) is 0 Å². The molecule has 2 aliphatic rings. The van der Waals surface area contributed by atoms with E-state index in [0.717, 1.165) is 17.6 Å². The van der Waals surface area contributed by atoms with Gasteiger partial charge in [0.1, 0.15) is 6.79 Å². The van der Waals surface area contributed by atoms with E-state index in [4.69, 9.17) is 37.4 Å². The van der Waals surface area contributed by atoms with Gasteiger partial charge in [-0.3, -0.25) is 4.90 Å². The molecule has 1 aromatic rings. The molecule has 5 nitrogen and oxygen atoms in total. The van der Waals surface area contributed by atoms with E-state index in [-0.39, 0.29) is 30.9 Å². The van der Waals surface area contributed by atoms with Crippen LogP contribution >= 0.6 is 23.2 Å². The van der Waals surface area contributed by atoms with Crippen molar-refractivity contribution >= 4 is 34.7 Å². The van der Waals surface area contributed by atoms with Crippen molar-refractivity contribution in [2.75, 3.05) is 28.1 Å². The number of halogens is 2. The lowest BCUT2D eigenvalue weighted by Crippen LogP contribution is -2.42. The molecule has 0 N–H and O–H groups in total. The minimum absolute atomic E-state index is 0.00474. The number of ether oxygens (including phenoxy) is 3. The molecular formula is C18H21Cl2NO4. The largest absolute Gasteiger partial charge is 0.466 e. The highest BCUT2D eigenvalue weighted by Gasteiger charge is 2.48. The second kappa shape index (κ2) is 7.64. The quantitative estimate of drug-likeness (QED) is 0.574. The molecule has 1 aromatic carbocycles. The van der Waals surface area contributed by atoms with E-state index in [1.165, 1.54) is 7.11 Å². The maximum absolute atomic E-state index is 12.5. The topological polar surface area (TPSA) is 48.0 Å². The highest BCUT2D eigenvalue weighted by atomic mass is 35.5. The van der Waals surface area contributed by atoms with Crippen molar-refractivity contribution in [3.05, 3.63) is 39.4 Å². The van der Waals surface area contributed by atoms with Crippen molar-refractivity contribution in [1.82, 2.24) is 4.90 Å². The lowest BCUT2D eigenvalue weighted by molar-refractivity contribution is -0.136. The molecule has 0 aliphatic carbocycles. The summed E-state index contributed by atoms with van der Waals surface area (Å²) >= 11 is 12.2. The molecule has 1 saturated heterocycles. The summed E-state index contributed by atoms with van der Waals surface area (Å²) < 4.78 is 15.9. The van der Waals surface area contributed by atoms with E-state index in [9.17, 15) is 4.79 Å². The highest BCUT2D eigenvalue weighted by molar-refractivity contribution is 6.42. The number of benzene rings is 1. The van der Waals surface area contributed by atoms with Crippen LogP contribution in [0.3, 0.4) is 0 Å². The Morgan fingerprint density at radius 2 is 2.04 bits per heavy atom. The number of likely N-dealkylation sites (N-methyl/N-ethyl adjacent to an activating group) is 1. The molecule has 136 valence electrons. The summed E-state index contributed by atoms with van der Waals surface area (Å²) in [6.45, 7) is 0.234. The number of rotatable bonds is 5. The second-order valence-corrected chi connectivity index (χ2v) is 7.13. The van der Waals surface area contributed by atoms with Gasteiger partial charge in [0.2, 0.25) is 0 Å². The Morgan fingerprint density at radius 3 is 2.68 bits per heavy atom. The fourth-order valence-corrected chi connectivity index (χ4v) is 4.11. The van der Waals surface area contributed by atoms with Gasteiger partial charge in [-0.15, -0.1) is 0 Å². The van der Waals surface area contributed by atoms with Gasteiger partial charge in [-0.2, -0.15) is 0 Å². The van der Waals surface area contributed by atoms with Gasteiger partial charge in [-0.05, 0) is 43.2 Å². The van der Waals surface area contributed by atoms with Gasteiger partial charge in [0.15, 0.2) is 0 Å². The van der Waals surface area contributed by atoms with Crippen LogP contribution in [-0.4, -0.2) is 57.1 Å². The molecule has 2 bridgehead atoms. The standard InChI is InChI=1S/C18H21Cl2NO4/c1-21-14-7-11(10-4-5-12(19)13(20)6-10)17(18(22)24-3)15(21)8-16(14)25-9-23-2/h4-6,14-16H,7-9H2,1-3H3/t14?,15?,16-/m0/s1. The molecule has 2 unspecified atom stereocenters. The molecule has 3 atom stereocenters. The normalized spacial score (nSPS) is 26.2. The third-order valence-electron chi connectivity index (χ3n) is 5.04. The van der Waals surface area contributed by atoms with Gasteiger partial charge >= 0.3 is 5.97 Å². The van der Waals surface area contributed by atoms with E-state index in [1.54, 1.807) is 19.2 Å². The Labute approximate surface area is 157 Å². The molecule has 2 heterocycles. The van der Waals surface area contributed by atoms with E-state index in [2.05, 4.69) is 4.90 Å². The van der Waals surface area contributed by atoms with E-state index in [0.29, 0.717) is 22.0 Å². The van der Waals surface area contributed by atoms with Gasteiger partial charge in [-0.25, -0.2) is 4.79 Å². The molecule has 2 aliphatic heterocycles. The number of carbonyl (C=O) groups is 1. The Balaban J connectivity index is 2.02. The summed E-state index contributed by atoms with van der Waals surface area (Å²) in [6, 6.07) is 5.55. The van der Waals surface area contributed by atoms with Gasteiger partial charge in [-0.1, -0.05) is 29.3 Å². The molecule has 0 amide bonds. The molecule has 0 saturated carbocycles. The number of carbonyl (C=O) groups excluding carboxylic acids is 1. The zero-order valence-corrected chi connectivity index (χ0v) is 15.9. The van der Waals surface area contributed by atoms with Crippen LogP contribution in [0.2, 0.25) is 10.0 Å². The third-order valence-corrected chi connectivity index (χ3v) is 5.78. The minimum Gasteiger partial charge on any atom is -0.466 e. The summed E-state index contributed by atoms with van der Waals surface area (Å²) in [6.07, 6.45) is 1.39. The highest BCUT2D eigenvalue weighted by Crippen LogP contribution is 2.44. The third kappa shape index (κ3) is 3.44. The number of hydrogen-bond acceptors (Lipinski definition) is 5. The van der Waals surface area contributed by atoms with Crippen molar-refractivity contribution in [1.29, 1.82) is 0 Å². The van der Waals surface area contributed by atoms with Crippen LogP contribution in [0.25, 0.3) is 5.57 Å². The van der Waals surface area contributed by atoms with Crippen LogP contribution < -0.4 is 0 Å². The number of esters is 1. The van der Waals surface area contributed by atoms with Crippen LogP contribution in [0.4, 0.5) is 0 Å². The first-order valence-corrected chi connectivity index (χ1v) is 8.82. The molecule has 3 rings (SSSR count). The van der Waals surface area contributed by atoms with Crippen LogP contribution in [0, 0.1) is 0 Å². The number of nitrogens with zero attached hydrogens (tertiary/aromatic N) is 1. The molecular weight excluding hydrogens is 365 g/mol. The maximum Gasteiger partial charge on any atom is 0.335 e. The van der Waals surface area contributed by atoms with E-state index < -0.39 is 0 Å². The number of methoxy groups -OCH3 is 2. The van der Waals surface area contributed by atoms with Crippen LogP contribution in [0.5, 0.6) is 0 Å². The van der Waals surface area contributed by atoms with Crippen molar-refractivity contribution in [3.63, 3.8) is 0 Å². The van der Waals surface area contributed by atoms with Gasteiger partial charge in [0.05, 0.1) is 28.8 Å². The van der Waals surface area contributed by atoms with Gasteiger partial charge < -0.3 is 14.2 Å². The molecule has 25 heavy (non-hydrogen) atoms. The van der Waals surface area contributed by atoms with E-state index >= 15 is 0 Å². The molecule has 0 spiro atoms. The van der Waals surface area contributed by atoms with Crippen molar-refractivity contribution in [2.45, 2.75) is 31.0 Å². The average molecular weight is 386 g/mol. The van der Waals surface area contributed by atoms with Gasteiger partial charge in [0, 0.05) is 19.2 Å². The fourth-order valence-electron chi connectivity index (χ4n) is 3.81. The first-order valence-electron chi connectivity index (χ1n) is 8.07. The SMILES string of the molecule is COCO[C@H]1CC2C(C(=O)OC)=C(c3ccc(Cl)c(Cl)c3)CC1N2C. The molecule has 0 radical (unpaired) electrons. The average Bonchev–Trinajstić information content (AvgIpc) is 2.80. The Morgan fingerprint density at radius 1 is 1.28 bits per heavy atom. The monoisotopic (exact) mass is 385 g/mol. The van der Waals surface area contributed by atoms with Crippen molar-refractivity contribution in [2.24, 2.45) is 0 Å². The molecule has 0 aromatic heterocycles. The summed E-state index contributed by atoms with van der Waals surface area (Å²) in [4.78, 5) is 14.7. The van der Waals surface area contributed by atoms with Crippen LogP contribution in [0.1, 0.15) is 18.4 Å². The lowest BCUT2D eigenvalue weighted by Gasteiger charge is -2.35.